The first kappa shape index (κ1) is 26.7. The first-order chi connectivity index (χ1) is 17.9. The lowest BCUT2D eigenvalue weighted by atomic mass is 9.68. The third-order valence-electron chi connectivity index (χ3n) is 6.78. The summed E-state index contributed by atoms with van der Waals surface area (Å²) in [5.74, 6) is -2.77. The number of methoxy groups -OCH3 is 1. The average Bonchev–Trinajstić information content (AvgIpc) is 3.43. The zero-order valence-electron chi connectivity index (χ0n) is 21.7. The maximum absolute atomic E-state index is 14.3. The highest BCUT2D eigenvalue weighted by atomic mass is 32.1. The second-order valence-electron chi connectivity index (χ2n) is 9.01. The molecule has 1 aromatic carbocycles. The monoisotopic (exact) mass is 523 g/mol. The van der Waals surface area contributed by atoms with E-state index >= 15 is 0 Å². The summed E-state index contributed by atoms with van der Waals surface area (Å²) in [6.45, 7) is 5.92. The van der Waals surface area contributed by atoms with Gasteiger partial charge in [0.15, 0.2) is 5.78 Å². The lowest BCUT2D eigenvalue weighted by Gasteiger charge is -2.39. The molecule has 3 atom stereocenters. The molecule has 0 saturated carbocycles. The van der Waals surface area contributed by atoms with Crippen molar-refractivity contribution in [2.45, 2.75) is 51.9 Å². The van der Waals surface area contributed by atoms with Crippen LogP contribution in [0.2, 0.25) is 0 Å². The van der Waals surface area contributed by atoms with Crippen molar-refractivity contribution in [1.82, 2.24) is 5.32 Å². The van der Waals surface area contributed by atoms with Gasteiger partial charge in [0, 0.05) is 33.7 Å². The number of Topliss-reactive ketones (excluding diaryl/α,β-unsaturated/α-hetero) is 1. The van der Waals surface area contributed by atoms with Gasteiger partial charge in [0.25, 0.3) is 0 Å². The van der Waals surface area contributed by atoms with Crippen molar-refractivity contribution < 1.29 is 28.6 Å². The maximum atomic E-state index is 14.3. The van der Waals surface area contributed by atoms with Crippen LogP contribution in [0.4, 0.5) is 0 Å². The second-order valence-corrected chi connectivity index (χ2v) is 9.99. The first-order valence-corrected chi connectivity index (χ1v) is 13.6. The SMILES string of the molecule is CCCC1=C(C(=O)OCC)[C@@H](c2cccc(OC)c2)C2=C(C[C@H](c3cccs3)[C@H](C(=O)OCC)C2=O)N1. The molecule has 2 aromatic rings. The summed E-state index contributed by atoms with van der Waals surface area (Å²) in [5.41, 5.74) is 3.05. The van der Waals surface area contributed by atoms with Gasteiger partial charge in [-0.1, -0.05) is 31.5 Å². The van der Waals surface area contributed by atoms with Crippen LogP contribution in [-0.4, -0.2) is 38.0 Å². The number of hydrogen-bond donors (Lipinski definition) is 1. The number of allylic oxidation sites excluding steroid dienone is 3. The third kappa shape index (κ3) is 5.21. The molecule has 7 nitrogen and oxygen atoms in total. The van der Waals surface area contributed by atoms with Crippen molar-refractivity contribution in [3.05, 3.63) is 74.8 Å². The fourth-order valence-corrected chi connectivity index (χ4v) is 6.14. The van der Waals surface area contributed by atoms with Gasteiger partial charge >= 0.3 is 11.9 Å². The largest absolute Gasteiger partial charge is 0.497 e. The predicted octanol–water partition coefficient (Wildman–Crippen LogP) is 5.25. The minimum absolute atomic E-state index is 0.178. The Labute approximate surface area is 221 Å². The number of hydrogen-bond acceptors (Lipinski definition) is 8. The summed E-state index contributed by atoms with van der Waals surface area (Å²) in [6, 6.07) is 11.2. The molecule has 1 aromatic heterocycles. The summed E-state index contributed by atoms with van der Waals surface area (Å²) in [5, 5.41) is 5.39. The van der Waals surface area contributed by atoms with Gasteiger partial charge in [-0.15, -0.1) is 11.3 Å². The number of carbonyl (C=O) groups is 3. The molecule has 4 rings (SSSR count). The van der Waals surface area contributed by atoms with Crippen LogP contribution >= 0.6 is 11.3 Å². The number of benzene rings is 1. The van der Waals surface area contributed by atoms with Gasteiger partial charge in [-0.3, -0.25) is 9.59 Å². The second kappa shape index (κ2) is 11.8. The van der Waals surface area contributed by atoms with E-state index in [1.165, 1.54) is 11.3 Å². The van der Waals surface area contributed by atoms with Crippen molar-refractivity contribution in [2.24, 2.45) is 5.92 Å². The van der Waals surface area contributed by atoms with Crippen molar-refractivity contribution >= 4 is 29.1 Å². The van der Waals surface area contributed by atoms with E-state index in [-0.39, 0.29) is 24.9 Å². The molecule has 1 aliphatic heterocycles. The summed E-state index contributed by atoms with van der Waals surface area (Å²) < 4.78 is 16.3. The van der Waals surface area contributed by atoms with Crippen LogP contribution in [0.3, 0.4) is 0 Å². The molecule has 0 unspecified atom stereocenters. The Balaban J connectivity index is 1.93. The van der Waals surface area contributed by atoms with Gasteiger partial charge in [0.05, 0.1) is 25.9 Å². The quantitative estimate of drug-likeness (QED) is 0.355. The molecule has 2 aliphatic rings. The molecule has 0 bridgehead atoms. The lowest BCUT2D eigenvalue weighted by molar-refractivity contribution is -0.152. The van der Waals surface area contributed by atoms with Crippen molar-refractivity contribution in [3.63, 3.8) is 0 Å². The van der Waals surface area contributed by atoms with Crippen LogP contribution in [0.25, 0.3) is 0 Å². The molecular weight excluding hydrogens is 490 g/mol. The van der Waals surface area contributed by atoms with Gasteiger partial charge in [-0.25, -0.2) is 4.79 Å². The Hall–Kier alpha value is -3.39. The van der Waals surface area contributed by atoms with E-state index in [0.29, 0.717) is 29.7 Å². The van der Waals surface area contributed by atoms with E-state index in [1.54, 1.807) is 21.0 Å². The standard InChI is InChI=1S/C29H33NO6S/c1-5-10-20-26(29(33)36-7-3)23(17-11-8-12-18(15-17)34-4)25-21(30-20)16-19(22-13-9-14-37-22)24(27(25)31)28(32)35-6-2/h8-9,11-15,19,23-24,30H,5-7,10,16H2,1-4H3/t19-,23+,24+/m1/s1. The molecule has 0 spiro atoms. The van der Waals surface area contributed by atoms with Gasteiger partial charge in [-0.2, -0.15) is 0 Å². The van der Waals surface area contributed by atoms with E-state index in [0.717, 1.165) is 28.3 Å². The number of nitrogens with one attached hydrogen (secondary N) is 1. The molecule has 8 heteroatoms. The van der Waals surface area contributed by atoms with Crippen LogP contribution in [-0.2, 0) is 23.9 Å². The molecule has 2 heterocycles. The molecule has 1 N–H and O–H groups in total. The first-order valence-electron chi connectivity index (χ1n) is 12.7. The smallest absolute Gasteiger partial charge is 0.336 e. The van der Waals surface area contributed by atoms with Crippen LogP contribution in [0.1, 0.15) is 62.3 Å². The van der Waals surface area contributed by atoms with Gasteiger partial charge in [0.1, 0.15) is 11.7 Å². The number of carbonyl (C=O) groups excluding carboxylic acids is 3. The minimum Gasteiger partial charge on any atom is -0.497 e. The number of ether oxygens (including phenoxy) is 3. The Morgan fingerprint density at radius 2 is 1.86 bits per heavy atom. The highest BCUT2D eigenvalue weighted by Gasteiger charge is 2.49. The van der Waals surface area contributed by atoms with Crippen LogP contribution in [0, 0.1) is 5.92 Å². The van der Waals surface area contributed by atoms with Gasteiger partial charge < -0.3 is 19.5 Å². The Morgan fingerprint density at radius 1 is 1.08 bits per heavy atom. The summed E-state index contributed by atoms with van der Waals surface area (Å²) in [4.78, 5) is 41.9. The van der Waals surface area contributed by atoms with Gasteiger partial charge in [0.2, 0.25) is 0 Å². The van der Waals surface area contributed by atoms with E-state index in [1.807, 2.05) is 48.7 Å². The normalized spacial score (nSPS) is 21.3. The summed E-state index contributed by atoms with van der Waals surface area (Å²) in [6.07, 6.45) is 1.87. The fraction of sp³-hybridized carbons (Fsp3) is 0.414. The topological polar surface area (TPSA) is 90.9 Å². The molecule has 1 aliphatic carbocycles. The minimum atomic E-state index is -0.997. The average molecular weight is 524 g/mol. The number of dihydropyridines is 1. The maximum Gasteiger partial charge on any atom is 0.336 e. The Morgan fingerprint density at radius 3 is 2.51 bits per heavy atom. The van der Waals surface area contributed by atoms with Crippen molar-refractivity contribution in [3.8, 4) is 5.75 Å². The van der Waals surface area contributed by atoms with E-state index < -0.39 is 23.8 Å². The fourth-order valence-electron chi connectivity index (χ4n) is 5.27. The zero-order chi connectivity index (χ0) is 26.5. The summed E-state index contributed by atoms with van der Waals surface area (Å²) in [7, 11) is 1.57. The molecule has 0 fully saturated rings. The highest BCUT2D eigenvalue weighted by molar-refractivity contribution is 7.10. The number of thiophene rings is 1. The number of rotatable bonds is 9. The van der Waals surface area contributed by atoms with Crippen molar-refractivity contribution in [1.29, 1.82) is 0 Å². The third-order valence-corrected chi connectivity index (χ3v) is 7.78. The van der Waals surface area contributed by atoms with E-state index in [2.05, 4.69) is 5.32 Å². The molecule has 0 saturated heterocycles. The molecule has 0 radical (unpaired) electrons. The van der Waals surface area contributed by atoms with Crippen LogP contribution in [0.15, 0.2) is 64.3 Å². The van der Waals surface area contributed by atoms with E-state index in [4.69, 9.17) is 14.2 Å². The van der Waals surface area contributed by atoms with Gasteiger partial charge in [-0.05, 0) is 55.8 Å². The Kier molecular flexibility index (Phi) is 8.48. The molecular formula is C29H33NO6S. The molecule has 37 heavy (non-hydrogen) atoms. The zero-order valence-corrected chi connectivity index (χ0v) is 22.5. The lowest BCUT2D eigenvalue weighted by Crippen LogP contribution is -2.43. The Bertz CT molecular complexity index is 1230. The predicted molar refractivity (Wildman–Crippen MR) is 141 cm³/mol. The molecule has 196 valence electrons. The van der Waals surface area contributed by atoms with Crippen LogP contribution in [0.5, 0.6) is 5.75 Å². The number of ketones is 1. The highest BCUT2D eigenvalue weighted by Crippen LogP contribution is 2.49. The van der Waals surface area contributed by atoms with E-state index in [9.17, 15) is 14.4 Å². The summed E-state index contributed by atoms with van der Waals surface area (Å²) >= 11 is 1.52. The molecule has 0 amide bonds. The number of esters is 2. The van der Waals surface area contributed by atoms with Crippen molar-refractivity contribution in [2.75, 3.05) is 20.3 Å². The van der Waals surface area contributed by atoms with Crippen LogP contribution < -0.4 is 10.1 Å².